The van der Waals surface area contributed by atoms with Crippen molar-refractivity contribution < 1.29 is 8.78 Å². The van der Waals surface area contributed by atoms with Crippen LogP contribution < -0.4 is 0 Å². The molecule has 0 radical (unpaired) electrons. The minimum Gasteiger partial charge on any atom is -0.299 e. The lowest BCUT2D eigenvalue weighted by molar-refractivity contribution is 0.208. The lowest BCUT2D eigenvalue weighted by atomic mass is 9.67. The topological polar surface area (TPSA) is 27.0 Å². The van der Waals surface area contributed by atoms with E-state index in [0.29, 0.717) is 12.8 Å². The summed E-state index contributed by atoms with van der Waals surface area (Å²) in [6, 6.07) is 16.8. The Balaban J connectivity index is 1.81. The first kappa shape index (κ1) is 21.5. The standard InChI is InChI=1S/C25H30F2N2/c1-19(29(2)17-20-9-4-3-5-10-20)15-16-25(18-28,21-11-6-7-12-21)24-22(26)13-8-14-23(24)27/h3-5,8-10,13-14,19,21H,6-7,11-12,15-17H2,1-2H3. The Hall–Kier alpha value is -2.25. The highest BCUT2D eigenvalue weighted by molar-refractivity contribution is 5.36. The Morgan fingerprint density at radius 3 is 2.28 bits per heavy atom. The van der Waals surface area contributed by atoms with E-state index in [1.807, 2.05) is 18.2 Å². The first-order valence-electron chi connectivity index (χ1n) is 10.6. The summed E-state index contributed by atoms with van der Waals surface area (Å²) in [6.07, 6.45) is 4.93. The number of halogens is 2. The predicted molar refractivity (Wildman–Crippen MR) is 112 cm³/mol. The fraction of sp³-hybridized carbons (Fsp3) is 0.480. The number of hydrogen-bond acceptors (Lipinski definition) is 2. The van der Waals surface area contributed by atoms with Crippen LogP contribution in [-0.4, -0.2) is 18.0 Å². The molecule has 1 aliphatic carbocycles. The van der Waals surface area contributed by atoms with Crippen molar-refractivity contribution in [3.8, 4) is 6.07 Å². The fourth-order valence-corrected chi connectivity index (χ4v) is 4.76. The van der Waals surface area contributed by atoms with Crippen LogP contribution in [0.1, 0.15) is 56.6 Å². The highest BCUT2D eigenvalue weighted by Gasteiger charge is 2.45. The molecule has 0 N–H and O–H groups in total. The minimum absolute atomic E-state index is 0.00512. The van der Waals surface area contributed by atoms with Crippen molar-refractivity contribution in [2.24, 2.45) is 5.92 Å². The van der Waals surface area contributed by atoms with E-state index < -0.39 is 17.0 Å². The average Bonchev–Trinajstić information content (AvgIpc) is 3.26. The Morgan fingerprint density at radius 2 is 1.69 bits per heavy atom. The zero-order chi connectivity index (χ0) is 20.9. The largest absolute Gasteiger partial charge is 0.299 e. The van der Waals surface area contributed by atoms with Crippen LogP contribution in [-0.2, 0) is 12.0 Å². The second-order valence-electron chi connectivity index (χ2n) is 8.45. The van der Waals surface area contributed by atoms with Crippen molar-refractivity contribution in [3.05, 3.63) is 71.3 Å². The van der Waals surface area contributed by atoms with Crippen LogP contribution in [0.15, 0.2) is 48.5 Å². The van der Waals surface area contributed by atoms with Gasteiger partial charge in [0, 0.05) is 18.2 Å². The third kappa shape index (κ3) is 4.67. The summed E-state index contributed by atoms with van der Waals surface area (Å²) in [5.41, 5.74) is 0.102. The van der Waals surface area contributed by atoms with E-state index in [1.165, 1.54) is 23.8 Å². The summed E-state index contributed by atoms with van der Waals surface area (Å²) < 4.78 is 29.5. The molecule has 154 valence electrons. The Labute approximate surface area is 173 Å². The molecule has 4 heteroatoms. The van der Waals surface area contributed by atoms with E-state index in [4.69, 9.17) is 0 Å². The molecule has 0 amide bonds. The summed E-state index contributed by atoms with van der Waals surface area (Å²) in [6.45, 7) is 2.93. The molecule has 2 unspecified atom stereocenters. The number of nitrogens with zero attached hydrogens (tertiary/aromatic N) is 2. The molecule has 0 spiro atoms. The molecule has 1 saturated carbocycles. The smallest absolute Gasteiger partial charge is 0.130 e. The first-order chi connectivity index (χ1) is 14.0. The van der Waals surface area contributed by atoms with Gasteiger partial charge in [0.05, 0.1) is 11.5 Å². The van der Waals surface area contributed by atoms with Crippen LogP contribution in [0.3, 0.4) is 0 Å². The molecule has 0 heterocycles. The Morgan fingerprint density at radius 1 is 1.07 bits per heavy atom. The van der Waals surface area contributed by atoms with Gasteiger partial charge in [0.15, 0.2) is 0 Å². The van der Waals surface area contributed by atoms with Crippen LogP contribution in [0, 0.1) is 28.9 Å². The van der Waals surface area contributed by atoms with E-state index in [1.54, 1.807) is 0 Å². The minimum atomic E-state index is -1.10. The number of benzene rings is 2. The van der Waals surface area contributed by atoms with Crippen molar-refractivity contribution >= 4 is 0 Å². The third-order valence-corrected chi connectivity index (χ3v) is 6.64. The summed E-state index contributed by atoms with van der Waals surface area (Å²) in [5, 5.41) is 10.2. The van der Waals surface area contributed by atoms with Crippen LogP contribution in [0.2, 0.25) is 0 Å². The van der Waals surface area contributed by atoms with Crippen LogP contribution in [0.25, 0.3) is 0 Å². The summed E-state index contributed by atoms with van der Waals surface area (Å²) in [7, 11) is 2.06. The van der Waals surface area contributed by atoms with Gasteiger partial charge in [0.1, 0.15) is 11.6 Å². The second kappa shape index (κ2) is 9.50. The van der Waals surface area contributed by atoms with Gasteiger partial charge in [-0.2, -0.15) is 5.26 Å². The molecule has 3 rings (SSSR count). The normalized spacial score (nSPS) is 17.8. The average molecular weight is 397 g/mol. The van der Waals surface area contributed by atoms with Gasteiger partial charge in [-0.3, -0.25) is 4.90 Å². The maximum absolute atomic E-state index is 14.8. The fourth-order valence-electron chi connectivity index (χ4n) is 4.76. The molecule has 2 nitrogen and oxygen atoms in total. The van der Waals surface area contributed by atoms with Gasteiger partial charge < -0.3 is 0 Å². The molecule has 0 aliphatic heterocycles. The van der Waals surface area contributed by atoms with Gasteiger partial charge in [-0.15, -0.1) is 0 Å². The molecule has 2 aromatic rings. The summed E-state index contributed by atoms with van der Waals surface area (Å²) in [5.74, 6) is -1.18. The predicted octanol–water partition coefficient (Wildman–Crippen LogP) is 6.22. The highest BCUT2D eigenvalue weighted by Crippen LogP contribution is 2.47. The lowest BCUT2D eigenvalue weighted by Gasteiger charge is -2.36. The third-order valence-electron chi connectivity index (χ3n) is 6.64. The van der Waals surface area contributed by atoms with Crippen molar-refractivity contribution in [1.82, 2.24) is 4.90 Å². The van der Waals surface area contributed by atoms with E-state index in [-0.39, 0.29) is 17.5 Å². The lowest BCUT2D eigenvalue weighted by Crippen LogP contribution is -2.37. The van der Waals surface area contributed by atoms with Crippen molar-refractivity contribution in [3.63, 3.8) is 0 Å². The summed E-state index contributed by atoms with van der Waals surface area (Å²) in [4.78, 5) is 2.24. The van der Waals surface area contributed by atoms with Gasteiger partial charge in [-0.25, -0.2) is 8.78 Å². The zero-order valence-corrected chi connectivity index (χ0v) is 17.4. The molecule has 2 aromatic carbocycles. The van der Waals surface area contributed by atoms with Crippen LogP contribution in [0.5, 0.6) is 0 Å². The SMILES string of the molecule is CC(CCC(C#N)(c1c(F)cccc1F)C1CCCC1)N(C)Cc1ccccc1. The number of nitriles is 1. The van der Waals surface area contributed by atoms with E-state index in [0.717, 1.165) is 32.2 Å². The quantitative estimate of drug-likeness (QED) is 0.530. The molecule has 2 atom stereocenters. The molecule has 1 aliphatic rings. The summed E-state index contributed by atoms with van der Waals surface area (Å²) >= 11 is 0. The molecule has 1 fully saturated rings. The van der Waals surface area contributed by atoms with Crippen LogP contribution in [0.4, 0.5) is 8.78 Å². The molecule has 0 saturated heterocycles. The van der Waals surface area contributed by atoms with E-state index in [9.17, 15) is 14.0 Å². The zero-order valence-electron chi connectivity index (χ0n) is 17.4. The number of rotatable bonds is 8. The number of hydrogen-bond donors (Lipinski definition) is 0. The van der Waals surface area contributed by atoms with E-state index in [2.05, 4.69) is 37.1 Å². The maximum Gasteiger partial charge on any atom is 0.130 e. The van der Waals surface area contributed by atoms with Crippen molar-refractivity contribution in [1.29, 1.82) is 5.26 Å². The molecular formula is C25H30F2N2. The van der Waals surface area contributed by atoms with Crippen molar-refractivity contribution in [2.45, 2.75) is 63.5 Å². The van der Waals surface area contributed by atoms with E-state index >= 15 is 0 Å². The first-order valence-corrected chi connectivity index (χ1v) is 10.6. The Kier molecular flexibility index (Phi) is 7.03. The monoisotopic (exact) mass is 396 g/mol. The van der Waals surface area contributed by atoms with Crippen LogP contribution >= 0.6 is 0 Å². The Bertz CT molecular complexity index is 819. The van der Waals surface area contributed by atoms with Gasteiger partial charge in [0.2, 0.25) is 0 Å². The highest BCUT2D eigenvalue weighted by atomic mass is 19.1. The van der Waals surface area contributed by atoms with Crippen molar-refractivity contribution in [2.75, 3.05) is 7.05 Å². The van der Waals surface area contributed by atoms with Gasteiger partial charge in [-0.05, 0) is 63.3 Å². The maximum atomic E-state index is 14.8. The molecular weight excluding hydrogens is 366 g/mol. The van der Waals surface area contributed by atoms with Gasteiger partial charge >= 0.3 is 0 Å². The molecule has 29 heavy (non-hydrogen) atoms. The van der Waals surface area contributed by atoms with Gasteiger partial charge in [0.25, 0.3) is 0 Å². The molecule has 0 aromatic heterocycles. The second-order valence-corrected chi connectivity index (χ2v) is 8.45. The molecule has 0 bridgehead atoms. The van der Waals surface area contributed by atoms with Gasteiger partial charge in [-0.1, -0.05) is 49.2 Å².